The Morgan fingerprint density at radius 1 is 1.18 bits per heavy atom. The number of amides is 1. The van der Waals surface area contributed by atoms with Crippen LogP contribution in [0.4, 0.5) is 4.39 Å². The molecule has 0 saturated carbocycles. The molecule has 2 heterocycles. The predicted molar refractivity (Wildman–Crippen MR) is 123 cm³/mol. The number of fused-ring (bicyclic) bond motifs is 1. The van der Waals surface area contributed by atoms with Crippen molar-refractivity contribution < 1.29 is 23.1 Å². The smallest absolute Gasteiger partial charge is 0.336 e. The van der Waals surface area contributed by atoms with Gasteiger partial charge in [0.2, 0.25) is 0 Å². The maximum atomic E-state index is 13.4. The first-order valence-corrected chi connectivity index (χ1v) is 11.1. The van der Waals surface area contributed by atoms with Crippen molar-refractivity contribution in [3.05, 3.63) is 63.7 Å². The average Bonchev–Trinajstić information content (AvgIpc) is 2.79. The zero-order chi connectivity index (χ0) is 23.4. The minimum absolute atomic E-state index is 0.185. The zero-order valence-electron chi connectivity index (χ0n) is 18.1. The van der Waals surface area contributed by atoms with Gasteiger partial charge in [-0.1, -0.05) is 11.6 Å². The molecule has 2 aromatic carbocycles. The van der Waals surface area contributed by atoms with Crippen LogP contribution in [0.2, 0.25) is 5.02 Å². The molecule has 1 aliphatic rings. The molecule has 0 spiro atoms. The van der Waals surface area contributed by atoms with E-state index in [2.05, 4.69) is 10.2 Å². The number of halogens is 2. The summed E-state index contributed by atoms with van der Waals surface area (Å²) < 4.78 is 29.9. The molecule has 1 atom stereocenters. The number of hydrogen-bond acceptors (Lipinski definition) is 6. The van der Waals surface area contributed by atoms with Crippen molar-refractivity contribution >= 4 is 28.5 Å². The highest BCUT2D eigenvalue weighted by Crippen LogP contribution is 2.34. The van der Waals surface area contributed by atoms with Gasteiger partial charge in [0.1, 0.15) is 17.1 Å². The number of hydrogen-bond donors (Lipinski definition) is 1. The molecule has 1 saturated heterocycles. The second kappa shape index (κ2) is 10.3. The third-order valence-electron chi connectivity index (χ3n) is 5.45. The number of morpholine rings is 1. The average molecular weight is 475 g/mol. The molecule has 0 unspecified atom stereocenters. The summed E-state index contributed by atoms with van der Waals surface area (Å²) >= 11 is 6.19. The van der Waals surface area contributed by atoms with Crippen LogP contribution < -0.4 is 15.7 Å². The Balaban J connectivity index is 1.46. The molecule has 3 aromatic rings. The van der Waals surface area contributed by atoms with Crippen LogP contribution in [0.3, 0.4) is 0 Å². The SMILES string of the molecule is C[C@@H](Oc1ccc2c(-c3ccc(F)cc3Cl)cc(=O)oc2c1)C(=O)NCCN1CCOCC1. The van der Waals surface area contributed by atoms with E-state index < -0.39 is 17.5 Å². The monoisotopic (exact) mass is 474 g/mol. The fourth-order valence-corrected chi connectivity index (χ4v) is 3.98. The van der Waals surface area contributed by atoms with Gasteiger partial charge in [-0.15, -0.1) is 0 Å². The lowest BCUT2D eigenvalue weighted by Gasteiger charge is -2.26. The second-order valence-corrected chi connectivity index (χ2v) is 8.17. The van der Waals surface area contributed by atoms with Crippen LogP contribution in [-0.2, 0) is 9.53 Å². The third kappa shape index (κ3) is 5.71. The molecule has 1 fully saturated rings. The molecule has 0 aliphatic carbocycles. The Hall–Kier alpha value is -2.94. The highest BCUT2D eigenvalue weighted by Gasteiger charge is 2.17. The van der Waals surface area contributed by atoms with E-state index >= 15 is 0 Å². The van der Waals surface area contributed by atoms with Crippen molar-refractivity contribution in [1.29, 1.82) is 0 Å². The van der Waals surface area contributed by atoms with Crippen molar-refractivity contribution in [1.82, 2.24) is 10.2 Å². The molecule has 0 bridgehead atoms. The second-order valence-electron chi connectivity index (χ2n) is 7.77. The molecular formula is C24H24ClFN2O5. The van der Waals surface area contributed by atoms with Gasteiger partial charge < -0.3 is 19.2 Å². The number of nitrogens with one attached hydrogen (secondary N) is 1. The zero-order valence-corrected chi connectivity index (χ0v) is 18.9. The van der Waals surface area contributed by atoms with Gasteiger partial charge in [0, 0.05) is 54.8 Å². The molecule has 1 N–H and O–H groups in total. The van der Waals surface area contributed by atoms with Crippen LogP contribution in [-0.4, -0.2) is 56.3 Å². The summed E-state index contributed by atoms with van der Waals surface area (Å²) in [5.41, 5.74) is 0.726. The molecular weight excluding hydrogens is 451 g/mol. The topological polar surface area (TPSA) is 81.0 Å². The van der Waals surface area contributed by atoms with Gasteiger partial charge in [0.15, 0.2) is 6.10 Å². The highest BCUT2D eigenvalue weighted by molar-refractivity contribution is 6.33. The van der Waals surface area contributed by atoms with Crippen LogP contribution in [0, 0.1) is 5.82 Å². The molecule has 0 radical (unpaired) electrons. The standard InChI is InChI=1S/C24H24ClFN2O5/c1-15(24(30)27-6-7-28-8-10-31-11-9-28)32-17-3-5-19-20(14-23(29)33-22(19)13-17)18-4-2-16(26)12-21(18)25/h2-5,12-15H,6-11H2,1H3,(H,27,30)/t15-/m1/s1. The van der Waals surface area contributed by atoms with Crippen molar-refractivity contribution in [3.63, 3.8) is 0 Å². The highest BCUT2D eigenvalue weighted by atomic mass is 35.5. The lowest BCUT2D eigenvalue weighted by molar-refractivity contribution is -0.127. The summed E-state index contributed by atoms with van der Waals surface area (Å²) in [6.07, 6.45) is -0.742. The van der Waals surface area contributed by atoms with Crippen LogP contribution >= 0.6 is 11.6 Å². The Morgan fingerprint density at radius 2 is 1.97 bits per heavy atom. The van der Waals surface area contributed by atoms with Crippen LogP contribution in [0.5, 0.6) is 5.75 Å². The van der Waals surface area contributed by atoms with E-state index in [-0.39, 0.29) is 16.5 Å². The first-order chi connectivity index (χ1) is 15.9. The minimum Gasteiger partial charge on any atom is -0.481 e. The molecule has 7 nitrogen and oxygen atoms in total. The maximum Gasteiger partial charge on any atom is 0.336 e. The number of carbonyl (C=O) groups excluding carboxylic acids is 1. The molecule has 4 rings (SSSR count). The fraction of sp³-hybridized carbons (Fsp3) is 0.333. The normalized spacial score (nSPS) is 15.4. The Kier molecular flexibility index (Phi) is 7.27. The van der Waals surface area contributed by atoms with Crippen molar-refractivity contribution in [2.75, 3.05) is 39.4 Å². The molecule has 33 heavy (non-hydrogen) atoms. The van der Waals surface area contributed by atoms with Crippen molar-refractivity contribution in [2.24, 2.45) is 0 Å². The minimum atomic E-state index is -0.742. The van der Waals surface area contributed by atoms with E-state index in [0.29, 0.717) is 42.0 Å². The van der Waals surface area contributed by atoms with Gasteiger partial charge in [0.05, 0.1) is 18.2 Å². The summed E-state index contributed by atoms with van der Waals surface area (Å²) in [4.78, 5) is 26.8. The predicted octanol–water partition coefficient (Wildman–Crippen LogP) is 3.47. The molecule has 9 heteroatoms. The Bertz CT molecular complexity index is 1210. The number of benzene rings is 2. The Labute approximate surface area is 195 Å². The van der Waals surface area contributed by atoms with E-state index in [1.54, 1.807) is 25.1 Å². The number of ether oxygens (including phenoxy) is 2. The molecule has 174 valence electrons. The van der Waals surface area contributed by atoms with Crippen LogP contribution in [0.15, 0.2) is 51.7 Å². The fourth-order valence-electron chi connectivity index (χ4n) is 3.71. The van der Waals surface area contributed by atoms with E-state index in [0.717, 1.165) is 19.6 Å². The first kappa shape index (κ1) is 23.2. The van der Waals surface area contributed by atoms with Crippen LogP contribution in [0.25, 0.3) is 22.1 Å². The van der Waals surface area contributed by atoms with E-state index in [1.165, 1.54) is 24.3 Å². The van der Waals surface area contributed by atoms with Gasteiger partial charge in [-0.2, -0.15) is 0 Å². The maximum absolute atomic E-state index is 13.4. The summed E-state index contributed by atoms with van der Waals surface area (Å²) in [6, 6.07) is 10.2. The molecule has 1 amide bonds. The molecule has 1 aliphatic heterocycles. The van der Waals surface area contributed by atoms with Crippen molar-refractivity contribution in [3.8, 4) is 16.9 Å². The van der Waals surface area contributed by atoms with E-state index in [4.69, 9.17) is 25.5 Å². The van der Waals surface area contributed by atoms with Crippen molar-refractivity contribution in [2.45, 2.75) is 13.0 Å². The summed E-state index contributed by atoms with van der Waals surface area (Å²) in [5.74, 6) is -0.329. The van der Waals surface area contributed by atoms with Gasteiger partial charge in [-0.25, -0.2) is 9.18 Å². The Morgan fingerprint density at radius 3 is 2.73 bits per heavy atom. The number of rotatable bonds is 7. The van der Waals surface area contributed by atoms with Crippen LogP contribution in [0.1, 0.15) is 6.92 Å². The largest absolute Gasteiger partial charge is 0.481 e. The summed E-state index contributed by atoms with van der Waals surface area (Å²) in [7, 11) is 0. The first-order valence-electron chi connectivity index (χ1n) is 10.7. The number of carbonyl (C=O) groups is 1. The summed E-state index contributed by atoms with van der Waals surface area (Å²) in [5, 5.41) is 3.67. The lowest BCUT2D eigenvalue weighted by Crippen LogP contribution is -2.43. The quantitative estimate of drug-likeness (QED) is 0.528. The van der Waals surface area contributed by atoms with Gasteiger partial charge in [-0.3, -0.25) is 9.69 Å². The van der Waals surface area contributed by atoms with E-state index in [9.17, 15) is 14.0 Å². The molecule has 1 aromatic heterocycles. The van der Waals surface area contributed by atoms with Gasteiger partial charge in [0.25, 0.3) is 5.91 Å². The summed E-state index contributed by atoms with van der Waals surface area (Å²) in [6.45, 7) is 6.05. The lowest BCUT2D eigenvalue weighted by atomic mass is 10.0. The van der Waals surface area contributed by atoms with Gasteiger partial charge >= 0.3 is 5.63 Å². The third-order valence-corrected chi connectivity index (χ3v) is 5.76. The number of nitrogens with zero attached hydrogens (tertiary/aromatic N) is 1. The van der Waals surface area contributed by atoms with Gasteiger partial charge in [-0.05, 0) is 37.3 Å². The van der Waals surface area contributed by atoms with E-state index in [1.807, 2.05) is 0 Å².